The highest BCUT2D eigenvalue weighted by Crippen LogP contribution is 2.28. The SMILES string of the molecule is Cc1cc([N+](=O)[O-])ccc1-c1ccc(/C=C/C(=O)NN)o1. The number of rotatable bonds is 4. The minimum atomic E-state index is -0.446. The van der Waals surface area contributed by atoms with Gasteiger partial charge in [-0.1, -0.05) is 0 Å². The molecule has 0 unspecified atom stereocenters. The third kappa shape index (κ3) is 3.34. The van der Waals surface area contributed by atoms with Gasteiger partial charge in [-0.05, 0) is 36.8 Å². The first-order valence-electron chi connectivity index (χ1n) is 6.05. The number of hydrogen-bond acceptors (Lipinski definition) is 5. The van der Waals surface area contributed by atoms with Gasteiger partial charge in [0.2, 0.25) is 0 Å². The Morgan fingerprint density at radius 3 is 2.76 bits per heavy atom. The van der Waals surface area contributed by atoms with Gasteiger partial charge >= 0.3 is 0 Å². The normalized spacial score (nSPS) is 10.8. The summed E-state index contributed by atoms with van der Waals surface area (Å²) in [6, 6.07) is 7.95. The molecule has 1 heterocycles. The summed E-state index contributed by atoms with van der Waals surface area (Å²) in [5.41, 5.74) is 3.48. The van der Waals surface area contributed by atoms with Gasteiger partial charge in [0, 0.05) is 23.8 Å². The second-order valence-corrected chi connectivity index (χ2v) is 4.30. The van der Waals surface area contributed by atoms with Crippen LogP contribution in [-0.4, -0.2) is 10.8 Å². The van der Waals surface area contributed by atoms with Gasteiger partial charge in [-0.2, -0.15) is 0 Å². The van der Waals surface area contributed by atoms with Crippen LogP contribution in [0.4, 0.5) is 5.69 Å². The summed E-state index contributed by atoms with van der Waals surface area (Å²) < 4.78 is 5.57. The van der Waals surface area contributed by atoms with Crippen molar-refractivity contribution in [2.24, 2.45) is 5.84 Å². The number of nitrogens with one attached hydrogen (secondary N) is 1. The lowest BCUT2D eigenvalue weighted by atomic mass is 10.1. The second-order valence-electron chi connectivity index (χ2n) is 4.30. The first kappa shape index (κ1) is 14.5. The number of nitrogens with zero attached hydrogens (tertiary/aromatic N) is 1. The van der Waals surface area contributed by atoms with E-state index in [2.05, 4.69) is 0 Å². The number of hydrogen-bond donors (Lipinski definition) is 2. The van der Waals surface area contributed by atoms with Crippen LogP contribution >= 0.6 is 0 Å². The molecule has 3 N–H and O–H groups in total. The zero-order valence-electron chi connectivity index (χ0n) is 11.2. The van der Waals surface area contributed by atoms with E-state index in [1.54, 1.807) is 25.1 Å². The quantitative estimate of drug-likeness (QED) is 0.294. The maximum atomic E-state index is 11.0. The summed E-state index contributed by atoms with van der Waals surface area (Å²) in [5.74, 6) is 5.55. The first-order valence-corrected chi connectivity index (χ1v) is 6.05. The van der Waals surface area contributed by atoms with Crippen LogP contribution in [-0.2, 0) is 4.79 Å². The smallest absolute Gasteiger partial charge is 0.269 e. The van der Waals surface area contributed by atoms with Gasteiger partial charge in [0.1, 0.15) is 11.5 Å². The molecule has 0 atom stereocenters. The number of benzene rings is 1. The number of hydrazine groups is 1. The molecule has 7 nitrogen and oxygen atoms in total. The van der Waals surface area contributed by atoms with E-state index in [-0.39, 0.29) is 5.69 Å². The monoisotopic (exact) mass is 287 g/mol. The van der Waals surface area contributed by atoms with Gasteiger partial charge in [-0.25, -0.2) is 5.84 Å². The number of non-ortho nitro benzene ring substituents is 1. The molecule has 1 aromatic carbocycles. The van der Waals surface area contributed by atoms with Crippen molar-refractivity contribution in [3.05, 3.63) is 57.8 Å². The van der Waals surface area contributed by atoms with Crippen LogP contribution in [0.2, 0.25) is 0 Å². The van der Waals surface area contributed by atoms with E-state index in [4.69, 9.17) is 10.3 Å². The standard InChI is InChI=1S/C14H13N3O4/c1-9-8-10(17(19)20)2-5-12(9)13-6-3-11(21-13)4-7-14(18)16-15/h2-8H,15H2,1H3,(H,16,18)/b7-4+. The molecule has 0 aliphatic heterocycles. The van der Waals surface area contributed by atoms with Gasteiger partial charge < -0.3 is 4.42 Å². The number of carbonyl (C=O) groups is 1. The van der Waals surface area contributed by atoms with Crippen LogP contribution in [0.1, 0.15) is 11.3 Å². The Morgan fingerprint density at radius 1 is 1.38 bits per heavy atom. The Hall–Kier alpha value is -2.93. The van der Waals surface area contributed by atoms with Gasteiger partial charge in [0.05, 0.1) is 4.92 Å². The van der Waals surface area contributed by atoms with Crippen molar-refractivity contribution >= 4 is 17.7 Å². The van der Waals surface area contributed by atoms with Crippen LogP contribution < -0.4 is 11.3 Å². The fraction of sp³-hybridized carbons (Fsp3) is 0.0714. The van der Waals surface area contributed by atoms with Gasteiger partial charge in [-0.3, -0.25) is 20.3 Å². The van der Waals surface area contributed by atoms with E-state index < -0.39 is 10.8 Å². The minimum absolute atomic E-state index is 0.0301. The fourth-order valence-electron chi connectivity index (χ4n) is 1.83. The number of amides is 1. The predicted molar refractivity (Wildman–Crippen MR) is 76.9 cm³/mol. The zero-order valence-corrected chi connectivity index (χ0v) is 11.2. The number of nitro groups is 1. The third-order valence-electron chi connectivity index (χ3n) is 2.85. The highest BCUT2D eigenvalue weighted by Gasteiger charge is 2.11. The Balaban J connectivity index is 2.27. The lowest BCUT2D eigenvalue weighted by molar-refractivity contribution is -0.384. The lowest BCUT2D eigenvalue weighted by Crippen LogP contribution is -2.27. The molecule has 0 radical (unpaired) electrons. The Kier molecular flexibility index (Phi) is 4.15. The molecular formula is C14H13N3O4. The van der Waals surface area contributed by atoms with Crippen molar-refractivity contribution in [1.29, 1.82) is 0 Å². The van der Waals surface area contributed by atoms with Crippen molar-refractivity contribution in [3.63, 3.8) is 0 Å². The largest absolute Gasteiger partial charge is 0.457 e. The van der Waals surface area contributed by atoms with Crippen molar-refractivity contribution < 1.29 is 14.1 Å². The average Bonchev–Trinajstić information content (AvgIpc) is 2.93. The number of aryl methyl sites for hydroxylation is 1. The van der Waals surface area contributed by atoms with E-state index in [9.17, 15) is 14.9 Å². The predicted octanol–water partition coefficient (Wildman–Crippen LogP) is 2.17. The first-order chi connectivity index (χ1) is 10.0. The van der Waals surface area contributed by atoms with Crippen LogP contribution in [0.5, 0.6) is 0 Å². The van der Waals surface area contributed by atoms with Gasteiger partial charge in [-0.15, -0.1) is 0 Å². The molecule has 7 heteroatoms. The third-order valence-corrected chi connectivity index (χ3v) is 2.85. The molecule has 0 spiro atoms. The van der Waals surface area contributed by atoms with Crippen LogP contribution in [0, 0.1) is 17.0 Å². The molecule has 0 aliphatic carbocycles. The summed E-state index contributed by atoms with van der Waals surface area (Å²) in [6.45, 7) is 1.77. The summed E-state index contributed by atoms with van der Waals surface area (Å²) in [6.07, 6.45) is 2.72. The second kappa shape index (κ2) is 6.02. The molecule has 1 aromatic heterocycles. The number of nitro benzene ring substituents is 1. The number of nitrogens with two attached hydrogens (primary N) is 1. The maximum absolute atomic E-state index is 11.0. The Labute approximate surface area is 120 Å². The van der Waals surface area contributed by atoms with E-state index >= 15 is 0 Å². The summed E-state index contributed by atoms with van der Waals surface area (Å²) in [7, 11) is 0. The molecule has 0 saturated carbocycles. The molecule has 2 aromatic rings. The maximum Gasteiger partial charge on any atom is 0.269 e. The lowest BCUT2D eigenvalue weighted by Gasteiger charge is -2.02. The number of carbonyl (C=O) groups excluding carboxylic acids is 1. The number of furan rings is 1. The van der Waals surface area contributed by atoms with Crippen LogP contribution in [0.3, 0.4) is 0 Å². The van der Waals surface area contributed by atoms with Crippen molar-refractivity contribution in [3.8, 4) is 11.3 Å². The molecular weight excluding hydrogens is 274 g/mol. The van der Waals surface area contributed by atoms with Crippen molar-refractivity contribution in [1.82, 2.24) is 5.43 Å². The fourth-order valence-corrected chi connectivity index (χ4v) is 1.83. The van der Waals surface area contributed by atoms with Crippen molar-refractivity contribution in [2.45, 2.75) is 6.92 Å². The molecule has 0 aliphatic rings. The highest BCUT2D eigenvalue weighted by molar-refractivity contribution is 5.90. The average molecular weight is 287 g/mol. The zero-order chi connectivity index (χ0) is 15.4. The summed E-state index contributed by atoms with van der Waals surface area (Å²) in [4.78, 5) is 21.3. The molecule has 2 rings (SSSR count). The minimum Gasteiger partial charge on any atom is -0.457 e. The van der Waals surface area contributed by atoms with Crippen molar-refractivity contribution in [2.75, 3.05) is 0 Å². The van der Waals surface area contributed by atoms with Crippen LogP contribution in [0.25, 0.3) is 17.4 Å². The molecule has 0 saturated heterocycles. The van der Waals surface area contributed by atoms with E-state index in [0.29, 0.717) is 11.5 Å². The highest BCUT2D eigenvalue weighted by atomic mass is 16.6. The Bertz CT molecular complexity index is 719. The summed E-state index contributed by atoms with van der Waals surface area (Å²) in [5, 5.41) is 10.7. The Morgan fingerprint density at radius 2 is 2.14 bits per heavy atom. The topological polar surface area (TPSA) is 111 Å². The molecule has 1 amide bonds. The van der Waals surface area contributed by atoms with E-state index in [1.807, 2.05) is 5.43 Å². The van der Waals surface area contributed by atoms with Crippen LogP contribution in [0.15, 0.2) is 40.8 Å². The summed E-state index contributed by atoms with van der Waals surface area (Å²) >= 11 is 0. The van der Waals surface area contributed by atoms with Gasteiger partial charge in [0.15, 0.2) is 0 Å². The molecule has 0 fully saturated rings. The molecule has 0 bridgehead atoms. The molecule has 108 valence electrons. The molecule has 21 heavy (non-hydrogen) atoms. The van der Waals surface area contributed by atoms with E-state index in [0.717, 1.165) is 11.1 Å². The van der Waals surface area contributed by atoms with E-state index in [1.165, 1.54) is 24.3 Å². The van der Waals surface area contributed by atoms with Gasteiger partial charge in [0.25, 0.3) is 11.6 Å².